The molecular weight excluding hydrogens is 246 g/mol. The van der Waals surface area contributed by atoms with Crippen molar-refractivity contribution in [2.24, 2.45) is 0 Å². The van der Waals surface area contributed by atoms with Gasteiger partial charge in [-0.05, 0) is 32.9 Å². The first-order valence-corrected chi connectivity index (χ1v) is 7.64. The molecule has 0 spiro atoms. The summed E-state index contributed by atoms with van der Waals surface area (Å²) < 4.78 is 5.34. The molecule has 18 heavy (non-hydrogen) atoms. The van der Waals surface area contributed by atoms with E-state index >= 15 is 0 Å². The summed E-state index contributed by atoms with van der Waals surface area (Å²) in [5.41, 5.74) is 3.12. The molecule has 0 amide bonds. The minimum absolute atomic E-state index is 0.901. The van der Waals surface area contributed by atoms with Crippen molar-refractivity contribution < 1.29 is 4.74 Å². The maximum Gasteiger partial charge on any atom is 0.0797 e. The van der Waals surface area contributed by atoms with Gasteiger partial charge in [-0.2, -0.15) is 0 Å². The maximum absolute atomic E-state index is 5.34. The second kappa shape index (κ2) is 7.84. The van der Waals surface area contributed by atoms with E-state index < -0.39 is 0 Å². The largest absolute Gasteiger partial charge is 0.379 e. The minimum atomic E-state index is 0.901. The highest BCUT2D eigenvalue weighted by molar-refractivity contribution is 7.09. The second-order valence-electron chi connectivity index (χ2n) is 4.67. The summed E-state index contributed by atoms with van der Waals surface area (Å²) in [4.78, 5) is 8.16. The molecule has 4 nitrogen and oxygen atoms in total. The Morgan fingerprint density at radius 2 is 2.22 bits per heavy atom. The molecule has 1 N–H and O–H groups in total. The van der Waals surface area contributed by atoms with Crippen LogP contribution in [0.5, 0.6) is 0 Å². The van der Waals surface area contributed by atoms with Crippen LogP contribution in [0.3, 0.4) is 0 Å². The number of rotatable bonds is 7. The zero-order valence-corrected chi connectivity index (χ0v) is 12.0. The van der Waals surface area contributed by atoms with Crippen LogP contribution >= 0.6 is 11.3 Å². The Bertz CT molecular complexity index is 337. The molecule has 5 heteroatoms. The average molecular weight is 269 g/mol. The lowest BCUT2D eigenvalue weighted by atomic mass is 10.3. The normalized spacial score (nSPS) is 17.2. The van der Waals surface area contributed by atoms with Gasteiger partial charge in [0.05, 0.1) is 24.4 Å². The molecule has 2 heterocycles. The van der Waals surface area contributed by atoms with E-state index in [1.165, 1.54) is 23.5 Å². The number of thiazole rings is 1. The van der Waals surface area contributed by atoms with E-state index in [1.54, 1.807) is 11.3 Å². The third-order valence-corrected chi connectivity index (χ3v) is 4.30. The van der Waals surface area contributed by atoms with Crippen LogP contribution in [0, 0.1) is 6.92 Å². The van der Waals surface area contributed by atoms with Crippen LogP contribution in [0.25, 0.3) is 0 Å². The van der Waals surface area contributed by atoms with Gasteiger partial charge in [0.2, 0.25) is 0 Å². The predicted octanol–water partition coefficient (Wildman–Crippen LogP) is 1.31. The van der Waals surface area contributed by atoms with E-state index in [1.807, 2.05) is 5.51 Å². The number of hydrogen-bond donors (Lipinski definition) is 1. The Kier molecular flexibility index (Phi) is 6.07. The third kappa shape index (κ3) is 4.65. The summed E-state index contributed by atoms with van der Waals surface area (Å²) in [5, 5.41) is 3.51. The van der Waals surface area contributed by atoms with E-state index in [4.69, 9.17) is 4.74 Å². The highest BCUT2D eigenvalue weighted by Gasteiger charge is 2.08. The van der Waals surface area contributed by atoms with Gasteiger partial charge in [0.25, 0.3) is 0 Å². The molecule has 0 bridgehead atoms. The predicted molar refractivity (Wildman–Crippen MR) is 75.3 cm³/mol. The smallest absolute Gasteiger partial charge is 0.0797 e. The van der Waals surface area contributed by atoms with Crippen LogP contribution in [-0.4, -0.2) is 55.8 Å². The monoisotopic (exact) mass is 269 g/mol. The molecule has 1 aliphatic rings. The van der Waals surface area contributed by atoms with Gasteiger partial charge in [0.1, 0.15) is 0 Å². The standard InChI is InChI=1S/C13H23N3OS/c1-12-13(18-11-15-12)3-5-14-4-2-6-16-7-9-17-10-8-16/h11,14H,2-10H2,1H3. The summed E-state index contributed by atoms with van der Waals surface area (Å²) >= 11 is 1.76. The van der Waals surface area contributed by atoms with Gasteiger partial charge >= 0.3 is 0 Å². The lowest BCUT2D eigenvalue weighted by molar-refractivity contribution is 0.0375. The summed E-state index contributed by atoms with van der Waals surface area (Å²) in [5.74, 6) is 0. The topological polar surface area (TPSA) is 37.4 Å². The van der Waals surface area contributed by atoms with Crippen LogP contribution in [0.4, 0.5) is 0 Å². The number of aromatic nitrogens is 1. The molecule has 0 aromatic carbocycles. The van der Waals surface area contributed by atoms with Crippen molar-refractivity contribution >= 4 is 11.3 Å². The molecule has 2 rings (SSSR count). The molecule has 0 saturated carbocycles. The number of nitrogens with one attached hydrogen (secondary N) is 1. The molecular formula is C13H23N3OS. The number of morpholine rings is 1. The Morgan fingerprint density at radius 1 is 1.39 bits per heavy atom. The summed E-state index contributed by atoms with van der Waals surface area (Å²) in [6, 6.07) is 0. The molecule has 1 fully saturated rings. The number of aryl methyl sites for hydroxylation is 1. The van der Waals surface area contributed by atoms with Gasteiger partial charge in [0, 0.05) is 24.5 Å². The van der Waals surface area contributed by atoms with Crippen LogP contribution in [0.15, 0.2) is 5.51 Å². The van der Waals surface area contributed by atoms with Crippen LogP contribution in [0.2, 0.25) is 0 Å². The lowest BCUT2D eigenvalue weighted by Crippen LogP contribution is -2.37. The van der Waals surface area contributed by atoms with Gasteiger partial charge < -0.3 is 10.1 Å². The van der Waals surface area contributed by atoms with Crippen molar-refractivity contribution in [2.45, 2.75) is 19.8 Å². The number of ether oxygens (including phenoxy) is 1. The molecule has 102 valence electrons. The Morgan fingerprint density at radius 3 is 2.94 bits per heavy atom. The fraction of sp³-hybridized carbons (Fsp3) is 0.769. The van der Waals surface area contributed by atoms with Gasteiger partial charge in [0.15, 0.2) is 0 Å². The SMILES string of the molecule is Cc1ncsc1CCNCCCN1CCOCC1. The van der Waals surface area contributed by atoms with Crippen molar-refractivity contribution in [3.8, 4) is 0 Å². The van der Waals surface area contributed by atoms with E-state index in [-0.39, 0.29) is 0 Å². The van der Waals surface area contributed by atoms with Crippen LogP contribution < -0.4 is 5.32 Å². The third-order valence-electron chi connectivity index (χ3n) is 3.31. The molecule has 1 aliphatic heterocycles. The Labute approximate surface area is 113 Å². The summed E-state index contributed by atoms with van der Waals surface area (Å²) in [6.45, 7) is 9.44. The first kappa shape index (κ1) is 13.9. The summed E-state index contributed by atoms with van der Waals surface area (Å²) in [7, 11) is 0. The van der Waals surface area contributed by atoms with E-state index in [0.29, 0.717) is 0 Å². The van der Waals surface area contributed by atoms with Crippen molar-refractivity contribution in [2.75, 3.05) is 45.9 Å². The highest BCUT2D eigenvalue weighted by Crippen LogP contribution is 2.11. The summed E-state index contributed by atoms with van der Waals surface area (Å²) in [6.07, 6.45) is 2.33. The molecule has 1 aromatic rings. The molecule has 0 aliphatic carbocycles. The zero-order chi connectivity index (χ0) is 12.6. The minimum Gasteiger partial charge on any atom is -0.379 e. The number of nitrogens with zero attached hydrogens (tertiary/aromatic N) is 2. The first-order valence-electron chi connectivity index (χ1n) is 6.76. The van der Waals surface area contributed by atoms with Crippen molar-refractivity contribution in [1.29, 1.82) is 0 Å². The van der Waals surface area contributed by atoms with Gasteiger partial charge in [-0.15, -0.1) is 11.3 Å². The Balaban J connectivity index is 1.47. The number of hydrogen-bond acceptors (Lipinski definition) is 5. The zero-order valence-electron chi connectivity index (χ0n) is 11.2. The van der Waals surface area contributed by atoms with Crippen LogP contribution in [-0.2, 0) is 11.2 Å². The second-order valence-corrected chi connectivity index (χ2v) is 5.61. The first-order chi connectivity index (χ1) is 8.86. The lowest BCUT2D eigenvalue weighted by Gasteiger charge is -2.26. The maximum atomic E-state index is 5.34. The quantitative estimate of drug-likeness (QED) is 0.757. The fourth-order valence-electron chi connectivity index (χ4n) is 2.15. The fourth-order valence-corrected chi connectivity index (χ4v) is 2.93. The molecule has 1 aromatic heterocycles. The highest BCUT2D eigenvalue weighted by atomic mass is 32.1. The van der Waals surface area contributed by atoms with Gasteiger partial charge in [-0.3, -0.25) is 4.90 Å². The van der Waals surface area contributed by atoms with Crippen LogP contribution in [0.1, 0.15) is 17.0 Å². The van der Waals surface area contributed by atoms with Crippen molar-refractivity contribution in [3.63, 3.8) is 0 Å². The van der Waals surface area contributed by atoms with Crippen molar-refractivity contribution in [3.05, 3.63) is 16.1 Å². The molecule has 1 saturated heterocycles. The molecule has 0 radical (unpaired) electrons. The van der Waals surface area contributed by atoms with E-state index in [9.17, 15) is 0 Å². The van der Waals surface area contributed by atoms with Gasteiger partial charge in [-0.1, -0.05) is 0 Å². The molecule has 0 unspecified atom stereocenters. The Hall–Kier alpha value is -0.490. The van der Waals surface area contributed by atoms with E-state index in [2.05, 4.69) is 22.1 Å². The van der Waals surface area contributed by atoms with Gasteiger partial charge in [-0.25, -0.2) is 4.98 Å². The molecule has 0 atom stereocenters. The van der Waals surface area contributed by atoms with Crippen molar-refractivity contribution in [1.82, 2.24) is 15.2 Å². The van der Waals surface area contributed by atoms with E-state index in [0.717, 1.165) is 45.8 Å². The average Bonchev–Trinajstić information content (AvgIpc) is 2.81.